The van der Waals surface area contributed by atoms with Gasteiger partial charge in [0.1, 0.15) is 5.75 Å². The van der Waals surface area contributed by atoms with E-state index in [1.54, 1.807) is 0 Å². The van der Waals surface area contributed by atoms with Crippen molar-refractivity contribution in [1.29, 1.82) is 0 Å². The maximum atomic E-state index is 9.65. The molecule has 2 atom stereocenters. The van der Waals surface area contributed by atoms with Crippen LogP contribution in [0.3, 0.4) is 0 Å². The molecule has 2 heteroatoms. The first kappa shape index (κ1) is 10.2. The van der Waals surface area contributed by atoms with Gasteiger partial charge in [0.15, 0.2) is 0 Å². The van der Waals surface area contributed by atoms with E-state index in [9.17, 15) is 5.11 Å². The van der Waals surface area contributed by atoms with Crippen LogP contribution in [0.4, 0.5) is 0 Å². The van der Waals surface area contributed by atoms with Crippen molar-refractivity contribution < 1.29 is 5.11 Å². The summed E-state index contributed by atoms with van der Waals surface area (Å²) in [5.41, 5.74) is 3.09. The van der Waals surface area contributed by atoms with Crippen LogP contribution in [0.1, 0.15) is 30.9 Å². The average molecular weight is 217 g/mol. The molecule has 0 saturated carbocycles. The molecule has 1 saturated heterocycles. The highest BCUT2D eigenvalue weighted by Crippen LogP contribution is 2.44. The summed E-state index contributed by atoms with van der Waals surface area (Å²) in [4.78, 5) is 0. The molecule has 0 amide bonds. The third-order valence-corrected chi connectivity index (χ3v) is 4.28. The number of rotatable bonds is 0. The zero-order chi connectivity index (χ0) is 11.2. The first-order valence-corrected chi connectivity index (χ1v) is 6.20. The number of aromatic hydroxyl groups is 1. The van der Waals surface area contributed by atoms with E-state index in [4.69, 9.17) is 0 Å². The largest absolute Gasteiger partial charge is 0.508 e. The summed E-state index contributed by atoms with van der Waals surface area (Å²) >= 11 is 0. The van der Waals surface area contributed by atoms with Crippen molar-refractivity contribution in [2.75, 3.05) is 13.1 Å². The summed E-state index contributed by atoms with van der Waals surface area (Å²) in [6, 6.07) is 5.92. The summed E-state index contributed by atoms with van der Waals surface area (Å²) in [5.74, 6) is 1.18. The third-order valence-electron chi connectivity index (χ3n) is 4.28. The minimum atomic E-state index is 0.264. The van der Waals surface area contributed by atoms with E-state index < -0.39 is 0 Å². The zero-order valence-corrected chi connectivity index (χ0v) is 9.79. The molecule has 2 N–H and O–H groups in total. The number of hydrogen-bond acceptors (Lipinski definition) is 2. The van der Waals surface area contributed by atoms with Crippen molar-refractivity contribution >= 4 is 0 Å². The van der Waals surface area contributed by atoms with Crippen molar-refractivity contribution in [2.24, 2.45) is 5.92 Å². The molecule has 1 aliphatic heterocycles. The lowest BCUT2D eigenvalue weighted by molar-refractivity contribution is 0.322. The highest BCUT2D eigenvalue weighted by Gasteiger charge is 2.37. The number of hydrogen-bond donors (Lipinski definition) is 2. The molecule has 16 heavy (non-hydrogen) atoms. The Hall–Kier alpha value is -1.02. The van der Waals surface area contributed by atoms with Gasteiger partial charge < -0.3 is 10.4 Å². The fraction of sp³-hybridized carbons (Fsp3) is 0.571. The Morgan fingerprint density at radius 1 is 1.44 bits per heavy atom. The van der Waals surface area contributed by atoms with Gasteiger partial charge in [0.25, 0.3) is 0 Å². The van der Waals surface area contributed by atoms with Gasteiger partial charge >= 0.3 is 0 Å². The van der Waals surface area contributed by atoms with Crippen LogP contribution in [-0.2, 0) is 11.8 Å². The van der Waals surface area contributed by atoms with Crippen LogP contribution in [0.15, 0.2) is 18.2 Å². The van der Waals surface area contributed by atoms with Crippen molar-refractivity contribution in [3.05, 3.63) is 29.3 Å². The van der Waals surface area contributed by atoms with Crippen LogP contribution < -0.4 is 5.32 Å². The van der Waals surface area contributed by atoms with Crippen LogP contribution in [0.2, 0.25) is 0 Å². The summed E-state index contributed by atoms with van der Waals surface area (Å²) in [5, 5.41) is 13.2. The molecule has 0 spiro atoms. The molecule has 1 heterocycles. The third kappa shape index (κ3) is 1.52. The van der Waals surface area contributed by atoms with Crippen molar-refractivity contribution in [2.45, 2.75) is 31.6 Å². The Bertz CT molecular complexity index is 415. The molecule has 0 radical (unpaired) electrons. The number of phenolic OH excluding ortho intramolecular Hbond substituents is 1. The van der Waals surface area contributed by atoms with Gasteiger partial charge in [0.2, 0.25) is 0 Å². The van der Waals surface area contributed by atoms with Crippen molar-refractivity contribution in [1.82, 2.24) is 5.32 Å². The van der Waals surface area contributed by atoms with E-state index in [1.807, 2.05) is 12.1 Å². The van der Waals surface area contributed by atoms with Crippen LogP contribution in [0.25, 0.3) is 0 Å². The Labute approximate surface area is 96.7 Å². The fourth-order valence-electron chi connectivity index (χ4n) is 3.49. The van der Waals surface area contributed by atoms with Gasteiger partial charge in [-0.1, -0.05) is 13.0 Å². The molecular weight excluding hydrogens is 198 g/mol. The Balaban J connectivity index is 2.11. The normalized spacial score (nSPS) is 32.9. The Morgan fingerprint density at radius 2 is 2.31 bits per heavy atom. The van der Waals surface area contributed by atoms with Gasteiger partial charge in [-0.15, -0.1) is 0 Å². The van der Waals surface area contributed by atoms with Gasteiger partial charge in [-0.3, -0.25) is 0 Å². The first-order chi connectivity index (χ1) is 7.67. The van der Waals surface area contributed by atoms with Gasteiger partial charge in [-0.2, -0.15) is 0 Å². The molecule has 1 aliphatic carbocycles. The summed E-state index contributed by atoms with van der Waals surface area (Å²) in [7, 11) is 0. The lowest BCUT2D eigenvalue weighted by Crippen LogP contribution is -2.32. The predicted octanol–water partition coefficient (Wildman–Crippen LogP) is 2.21. The molecule has 1 aromatic rings. The van der Waals surface area contributed by atoms with Gasteiger partial charge in [-0.05, 0) is 66.9 Å². The van der Waals surface area contributed by atoms with E-state index in [0.29, 0.717) is 5.75 Å². The molecule has 2 nitrogen and oxygen atoms in total. The lowest BCUT2D eigenvalue weighted by Gasteiger charge is -2.38. The summed E-state index contributed by atoms with van der Waals surface area (Å²) < 4.78 is 0. The van der Waals surface area contributed by atoms with Gasteiger partial charge in [-0.25, -0.2) is 0 Å². The van der Waals surface area contributed by atoms with Crippen molar-refractivity contribution in [3.8, 4) is 5.75 Å². The van der Waals surface area contributed by atoms with Gasteiger partial charge in [0, 0.05) is 0 Å². The minimum Gasteiger partial charge on any atom is -0.508 e. The second-order valence-corrected chi connectivity index (χ2v) is 5.63. The molecule has 2 bridgehead atoms. The Kier molecular flexibility index (Phi) is 2.21. The highest BCUT2D eigenvalue weighted by molar-refractivity contribution is 5.42. The predicted molar refractivity (Wildman–Crippen MR) is 64.8 cm³/mol. The molecule has 2 aliphatic rings. The molecular formula is C14H19NO. The average Bonchev–Trinajstić information content (AvgIpc) is 2.40. The van der Waals surface area contributed by atoms with E-state index in [1.165, 1.54) is 24.0 Å². The van der Waals surface area contributed by atoms with Crippen molar-refractivity contribution in [3.63, 3.8) is 0 Å². The zero-order valence-electron chi connectivity index (χ0n) is 9.79. The maximum Gasteiger partial charge on any atom is 0.115 e. The van der Waals surface area contributed by atoms with E-state index >= 15 is 0 Å². The lowest BCUT2D eigenvalue weighted by atomic mass is 9.66. The maximum absolute atomic E-state index is 9.65. The summed E-state index contributed by atoms with van der Waals surface area (Å²) in [6.45, 7) is 4.60. The molecule has 1 aromatic carbocycles. The molecule has 3 rings (SSSR count). The standard InChI is InChI=1S/C14H19NO/c1-14-4-5-15-9-10(8-14)6-11-2-3-12(16)7-13(11)14/h2-3,7,10,15-16H,4-6,8-9H2,1H3/t10?,14-/m1/s1. The van der Waals surface area contributed by atoms with E-state index in [0.717, 1.165) is 25.4 Å². The second-order valence-electron chi connectivity index (χ2n) is 5.63. The topological polar surface area (TPSA) is 32.3 Å². The molecule has 86 valence electrons. The number of nitrogens with one attached hydrogen (secondary N) is 1. The highest BCUT2D eigenvalue weighted by atomic mass is 16.3. The number of benzene rings is 1. The van der Waals surface area contributed by atoms with Crippen LogP contribution in [0, 0.1) is 5.92 Å². The van der Waals surface area contributed by atoms with E-state index in [2.05, 4.69) is 18.3 Å². The molecule has 1 unspecified atom stereocenters. The minimum absolute atomic E-state index is 0.264. The van der Waals surface area contributed by atoms with Crippen LogP contribution in [-0.4, -0.2) is 18.2 Å². The van der Waals surface area contributed by atoms with Gasteiger partial charge in [0.05, 0.1) is 0 Å². The number of phenols is 1. The number of fused-ring (bicyclic) bond motifs is 4. The Morgan fingerprint density at radius 3 is 3.19 bits per heavy atom. The first-order valence-electron chi connectivity index (χ1n) is 6.20. The fourth-order valence-corrected chi connectivity index (χ4v) is 3.49. The molecule has 1 fully saturated rings. The second kappa shape index (κ2) is 3.49. The SMILES string of the molecule is C[C@]12CCNCC(Cc3ccc(O)cc31)C2. The smallest absolute Gasteiger partial charge is 0.115 e. The van der Waals surface area contributed by atoms with Crippen LogP contribution in [0.5, 0.6) is 5.75 Å². The van der Waals surface area contributed by atoms with E-state index in [-0.39, 0.29) is 5.41 Å². The monoisotopic (exact) mass is 217 g/mol. The van der Waals surface area contributed by atoms with Crippen LogP contribution >= 0.6 is 0 Å². The molecule has 0 aromatic heterocycles. The quantitative estimate of drug-likeness (QED) is 0.698. The summed E-state index contributed by atoms with van der Waals surface area (Å²) in [6.07, 6.45) is 3.61.